The van der Waals surface area contributed by atoms with Gasteiger partial charge in [0, 0.05) is 22.5 Å². The van der Waals surface area contributed by atoms with Gasteiger partial charge in [-0.05, 0) is 68.0 Å². The van der Waals surface area contributed by atoms with Crippen LogP contribution in [-0.4, -0.2) is 10.7 Å². The zero-order chi connectivity index (χ0) is 21.0. The van der Waals surface area contributed by atoms with E-state index in [1.54, 1.807) is 6.07 Å². The largest absolute Gasteiger partial charge is 0.379 e. The number of benzene rings is 1. The minimum absolute atomic E-state index is 0.222. The van der Waals surface area contributed by atoms with Crippen molar-refractivity contribution in [3.63, 3.8) is 0 Å². The number of aromatic nitrogens is 1. The summed E-state index contributed by atoms with van der Waals surface area (Å²) in [5.74, 6) is 0. The molecule has 0 amide bonds. The Kier molecular flexibility index (Phi) is 7.15. The molecule has 1 unspecified atom stereocenters. The smallest absolute Gasteiger partial charge is 0.0746 e. The van der Waals surface area contributed by atoms with Gasteiger partial charge in [-0.25, -0.2) is 0 Å². The van der Waals surface area contributed by atoms with Crippen molar-refractivity contribution in [2.75, 3.05) is 0 Å². The second-order valence-electron chi connectivity index (χ2n) is 7.25. The van der Waals surface area contributed by atoms with Crippen LogP contribution in [0, 0.1) is 0 Å². The number of nitrogens with zero attached hydrogens (tertiary/aromatic N) is 2. The van der Waals surface area contributed by atoms with E-state index in [0.29, 0.717) is 10.0 Å². The maximum atomic E-state index is 6.48. The molecule has 3 rings (SSSR count). The summed E-state index contributed by atoms with van der Waals surface area (Å²) in [5.41, 5.74) is 7.14. The number of hydrogen-bond acceptors (Lipinski definition) is 3. The molecule has 1 heterocycles. The molecule has 29 heavy (non-hydrogen) atoms. The molecule has 0 spiro atoms. The van der Waals surface area contributed by atoms with Gasteiger partial charge in [-0.15, -0.1) is 0 Å². The van der Waals surface area contributed by atoms with Gasteiger partial charge >= 0.3 is 0 Å². The van der Waals surface area contributed by atoms with Crippen molar-refractivity contribution >= 4 is 28.9 Å². The third kappa shape index (κ3) is 4.91. The zero-order valence-electron chi connectivity index (χ0n) is 17.2. The van der Waals surface area contributed by atoms with Crippen molar-refractivity contribution in [1.82, 2.24) is 10.3 Å². The number of fused-ring (bicyclic) bond motifs is 1. The lowest BCUT2D eigenvalue weighted by atomic mass is 10.0. The number of aryl methyl sites for hydroxylation is 1. The quantitative estimate of drug-likeness (QED) is 0.479. The van der Waals surface area contributed by atoms with E-state index in [4.69, 9.17) is 28.2 Å². The van der Waals surface area contributed by atoms with Gasteiger partial charge in [0.05, 0.1) is 28.2 Å². The number of allylic oxidation sites excluding steroid dienone is 3. The summed E-state index contributed by atoms with van der Waals surface area (Å²) in [6.07, 6.45) is 5.55. The Hall–Kier alpha value is -2.10. The second-order valence-corrected chi connectivity index (χ2v) is 8.09. The average Bonchev–Trinajstić information content (AvgIpc) is 3.12. The van der Waals surface area contributed by atoms with Crippen LogP contribution in [0.4, 0.5) is 0 Å². The van der Waals surface area contributed by atoms with Crippen molar-refractivity contribution < 1.29 is 0 Å². The molecule has 1 N–H and O–H groups in total. The summed E-state index contributed by atoms with van der Waals surface area (Å²) in [6, 6.07) is 9.89. The van der Waals surface area contributed by atoms with E-state index in [-0.39, 0.29) is 6.04 Å². The Bertz CT molecular complexity index is 976. The fraction of sp³-hybridized carbons (Fsp3) is 0.333. The van der Waals surface area contributed by atoms with Crippen LogP contribution in [0.3, 0.4) is 0 Å². The summed E-state index contributed by atoms with van der Waals surface area (Å²) < 4.78 is 0. The highest BCUT2D eigenvalue weighted by Gasteiger charge is 2.24. The standard InChI is InChI=1S/C24H27Cl2N3/c1-5-15(3)23(19-11-10-18(25)14-20(19)26)29-21(6-2)16(4)28-22-12-9-17-8-7-13-27-24(17)22/h7-8,10-11,13-14,22,28H,3,5-6,9,12H2,1-2,4H3/b21-16+,29-23?. The number of nitrogens with one attached hydrogen (secondary N) is 1. The van der Waals surface area contributed by atoms with E-state index >= 15 is 0 Å². The van der Waals surface area contributed by atoms with Crippen molar-refractivity contribution in [3.8, 4) is 0 Å². The van der Waals surface area contributed by atoms with Crippen molar-refractivity contribution in [1.29, 1.82) is 0 Å². The lowest BCUT2D eigenvalue weighted by molar-refractivity contribution is 0.575. The summed E-state index contributed by atoms with van der Waals surface area (Å²) in [4.78, 5) is 9.59. The van der Waals surface area contributed by atoms with E-state index < -0.39 is 0 Å². The zero-order valence-corrected chi connectivity index (χ0v) is 18.7. The predicted octanol–water partition coefficient (Wildman–Crippen LogP) is 7.06. The van der Waals surface area contributed by atoms with Crippen molar-refractivity contribution in [2.24, 2.45) is 4.99 Å². The Morgan fingerprint density at radius 1 is 1.24 bits per heavy atom. The minimum atomic E-state index is 0.222. The van der Waals surface area contributed by atoms with Gasteiger partial charge in [0.1, 0.15) is 0 Å². The van der Waals surface area contributed by atoms with Gasteiger partial charge in [0.15, 0.2) is 0 Å². The van der Waals surface area contributed by atoms with Crippen molar-refractivity contribution in [3.05, 3.63) is 86.9 Å². The molecule has 5 heteroatoms. The van der Waals surface area contributed by atoms with Crippen LogP contribution in [0.15, 0.2) is 65.1 Å². The predicted molar refractivity (Wildman–Crippen MR) is 124 cm³/mol. The molecule has 0 radical (unpaired) electrons. The van der Waals surface area contributed by atoms with Crippen LogP contribution in [0.2, 0.25) is 10.0 Å². The van der Waals surface area contributed by atoms with Gasteiger partial charge in [-0.2, -0.15) is 0 Å². The maximum Gasteiger partial charge on any atom is 0.0746 e. The van der Waals surface area contributed by atoms with Crippen LogP contribution in [0.5, 0.6) is 0 Å². The molecule has 3 nitrogen and oxygen atoms in total. The maximum absolute atomic E-state index is 6.48. The fourth-order valence-electron chi connectivity index (χ4n) is 3.64. The Balaban J connectivity index is 1.97. The third-order valence-electron chi connectivity index (χ3n) is 5.31. The first-order chi connectivity index (χ1) is 13.9. The molecule has 1 atom stereocenters. The van der Waals surface area contributed by atoms with Crippen LogP contribution in [-0.2, 0) is 6.42 Å². The van der Waals surface area contributed by atoms with E-state index in [1.165, 1.54) is 5.56 Å². The molecule has 1 aromatic carbocycles. The fourth-order valence-corrected chi connectivity index (χ4v) is 4.14. The van der Waals surface area contributed by atoms with Crippen LogP contribution < -0.4 is 5.32 Å². The molecule has 0 aliphatic heterocycles. The highest BCUT2D eigenvalue weighted by Crippen LogP contribution is 2.31. The summed E-state index contributed by atoms with van der Waals surface area (Å²) in [5, 5.41) is 4.84. The topological polar surface area (TPSA) is 37.3 Å². The number of rotatable bonds is 7. The molecule has 1 aliphatic carbocycles. The highest BCUT2D eigenvalue weighted by atomic mass is 35.5. The highest BCUT2D eigenvalue weighted by molar-refractivity contribution is 6.37. The molecule has 0 saturated heterocycles. The Morgan fingerprint density at radius 2 is 2.03 bits per heavy atom. The van der Waals surface area contributed by atoms with E-state index in [2.05, 4.69) is 43.7 Å². The lowest BCUT2D eigenvalue weighted by Gasteiger charge is -2.18. The Morgan fingerprint density at radius 3 is 2.72 bits per heavy atom. The molecular formula is C24H27Cl2N3. The summed E-state index contributed by atoms with van der Waals surface area (Å²) in [6.45, 7) is 10.5. The normalized spacial score (nSPS) is 17.0. The lowest BCUT2D eigenvalue weighted by Crippen LogP contribution is -2.19. The molecule has 0 bridgehead atoms. The molecule has 0 fully saturated rings. The first kappa shape index (κ1) is 21.6. The van der Waals surface area contributed by atoms with Gasteiger partial charge in [-0.3, -0.25) is 9.98 Å². The Labute approximate surface area is 183 Å². The van der Waals surface area contributed by atoms with Gasteiger partial charge in [0.25, 0.3) is 0 Å². The average molecular weight is 428 g/mol. The number of halogens is 2. The summed E-state index contributed by atoms with van der Waals surface area (Å²) in [7, 11) is 0. The molecule has 1 aliphatic rings. The first-order valence-electron chi connectivity index (χ1n) is 10.1. The van der Waals surface area contributed by atoms with Crippen LogP contribution in [0.1, 0.15) is 62.9 Å². The number of hydrogen-bond donors (Lipinski definition) is 1. The minimum Gasteiger partial charge on any atom is -0.379 e. The molecule has 2 aromatic rings. The van der Waals surface area contributed by atoms with E-state index in [0.717, 1.165) is 59.6 Å². The monoisotopic (exact) mass is 427 g/mol. The van der Waals surface area contributed by atoms with Gasteiger partial charge in [0.2, 0.25) is 0 Å². The van der Waals surface area contributed by atoms with Crippen molar-refractivity contribution in [2.45, 2.75) is 52.5 Å². The van der Waals surface area contributed by atoms with Crippen LogP contribution >= 0.6 is 23.2 Å². The molecule has 152 valence electrons. The number of aliphatic imine (C=N–C) groups is 1. The molecule has 1 aromatic heterocycles. The van der Waals surface area contributed by atoms with Gasteiger partial charge in [-0.1, -0.05) is 49.7 Å². The SMILES string of the molecule is C=C(CC)C(=N/C(CC)=C(\C)NC1CCc2cccnc21)c1ccc(Cl)cc1Cl. The van der Waals surface area contributed by atoms with Gasteiger partial charge < -0.3 is 5.32 Å². The second kappa shape index (κ2) is 9.60. The van der Waals surface area contributed by atoms with E-state index in [9.17, 15) is 0 Å². The number of pyridine rings is 1. The van der Waals surface area contributed by atoms with E-state index in [1.807, 2.05) is 24.4 Å². The first-order valence-corrected chi connectivity index (χ1v) is 10.8. The third-order valence-corrected chi connectivity index (χ3v) is 5.86. The van der Waals surface area contributed by atoms with Crippen LogP contribution in [0.25, 0.3) is 0 Å². The molecular weight excluding hydrogens is 401 g/mol. The molecule has 0 saturated carbocycles. The summed E-state index contributed by atoms with van der Waals surface area (Å²) >= 11 is 12.6.